The van der Waals surface area contributed by atoms with E-state index in [1.807, 2.05) is 6.92 Å². The highest BCUT2D eigenvalue weighted by molar-refractivity contribution is 8.00. The Kier molecular flexibility index (Phi) is 10.5. The van der Waals surface area contributed by atoms with E-state index in [9.17, 15) is 14.4 Å². The molecule has 2 aromatic heterocycles. The summed E-state index contributed by atoms with van der Waals surface area (Å²) in [6.45, 7) is 4.06. The van der Waals surface area contributed by atoms with E-state index >= 15 is 0 Å². The van der Waals surface area contributed by atoms with E-state index < -0.39 is 5.25 Å². The summed E-state index contributed by atoms with van der Waals surface area (Å²) in [6, 6.07) is 5.19. The lowest BCUT2D eigenvalue weighted by Gasteiger charge is -2.26. The third-order valence-corrected chi connectivity index (χ3v) is 10.3. The molecule has 0 aliphatic heterocycles. The van der Waals surface area contributed by atoms with Gasteiger partial charge in [-0.2, -0.15) is 0 Å². The number of fused-ring (bicyclic) bond motifs is 1. The standard InChI is InChI=1S/C31H39N5O6S2/c1-5-42-30(39)26-21-12-9-13-24(21)44-29(26)33-27(37)18(2)43-31-35-34-25(36(31)20-10-7-6-8-11-20)17-32-28(38)19-14-15-22(40-3)23(16-19)41-4/h14-16,18,20H,5-13,17H2,1-4H3,(H,32,38)(H,33,37)/t18-/m0/s1. The highest BCUT2D eigenvalue weighted by atomic mass is 32.2. The maximum absolute atomic E-state index is 13.4. The zero-order valence-corrected chi connectivity index (χ0v) is 27.2. The fourth-order valence-electron chi connectivity index (χ4n) is 5.79. The van der Waals surface area contributed by atoms with Gasteiger partial charge in [-0.05, 0) is 69.7 Å². The van der Waals surface area contributed by atoms with E-state index in [-0.39, 0.29) is 37.0 Å². The number of amides is 2. The number of ether oxygens (including phenoxy) is 3. The number of nitrogens with one attached hydrogen (secondary N) is 2. The van der Waals surface area contributed by atoms with E-state index in [1.54, 1.807) is 32.2 Å². The Hall–Kier alpha value is -3.58. The maximum atomic E-state index is 13.4. The number of nitrogens with zero attached hydrogens (tertiary/aromatic N) is 3. The minimum Gasteiger partial charge on any atom is -0.493 e. The number of aromatic nitrogens is 3. The SMILES string of the molecule is CCOC(=O)c1c(NC(=O)[C@H](C)Sc2nnc(CNC(=O)c3ccc(OC)c(OC)c3)n2C2CCCCC2)sc2c1CCC2. The van der Waals surface area contributed by atoms with Crippen molar-refractivity contribution in [2.24, 2.45) is 0 Å². The van der Waals surface area contributed by atoms with E-state index in [0.717, 1.165) is 55.4 Å². The van der Waals surface area contributed by atoms with Crippen molar-refractivity contribution in [3.63, 3.8) is 0 Å². The number of thioether (sulfide) groups is 1. The number of rotatable bonds is 12. The monoisotopic (exact) mass is 641 g/mol. The smallest absolute Gasteiger partial charge is 0.341 e. The molecule has 2 aliphatic rings. The molecule has 1 saturated carbocycles. The molecule has 2 heterocycles. The molecule has 1 atom stereocenters. The summed E-state index contributed by atoms with van der Waals surface area (Å²) in [5, 5.41) is 15.6. The summed E-state index contributed by atoms with van der Waals surface area (Å²) in [6.07, 6.45) is 8.05. The Labute approximate surface area is 265 Å². The van der Waals surface area contributed by atoms with Crippen LogP contribution in [0.2, 0.25) is 0 Å². The van der Waals surface area contributed by atoms with Gasteiger partial charge in [0, 0.05) is 16.5 Å². The molecule has 2 aliphatic carbocycles. The van der Waals surface area contributed by atoms with Gasteiger partial charge in [0.2, 0.25) is 5.91 Å². The highest BCUT2D eigenvalue weighted by Gasteiger charge is 2.31. The van der Waals surface area contributed by atoms with Gasteiger partial charge in [0.15, 0.2) is 22.5 Å². The van der Waals surface area contributed by atoms with Crippen molar-refractivity contribution in [3.05, 3.63) is 45.6 Å². The largest absolute Gasteiger partial charge is 0.493 e. The van der Waals surface area contributed by atoms with Crippen LogP contribution in [-0.2, 0) is 28.9 Å². The van der Waals surface area contributed by atoms with Crippen LogP contribution in [0, 0.1) is 0 Å². The Bertz CT molecular complexity index is 1510. The van der Waals surface area contributed by atoms with Crippen LogP contribution in [0.25, 0.3) is 0 Å². The number of thiophene rings is 1. The molecule has 2 amide bonds. The van der Waals surface area contributed by atoms with Gasteiger partial charge in [0.05, 0.1) is 38.2 Å². The third kappa shape index (κ3) is 6.88. The topological polar surface area (TPSA) is 134 Å². The zero-order chi connectivity index (χ0) is 31.2. The van der Waals surface area contributed by atoms with Crippen molar-refractivity contribution in [3.8, 4) is 11.5 Å². The Morgan fingerprint density at radius 3 is 2.57 bits per heavy atom. The van der Waals surface area contributed by atoms with Crippen LogP contribution >= 0.6 is 23.1 Å². The van der Waals surface area contributed by atoms with Gasteiger partial charge >= 0.3 is 5.97 Å². The lowest BCUT2D eigenvalue weighted by atomic mass is 9.95. The van der Waals surface area contributed by atoms with Gasteiger partial charge in [-0.25, -0.2) is 4.79 Å². The quantitative estimate of drug-likeness (QED) is 0.192. The average Bonchev–Trinajstić information content (AvgIpc) is 3.74. The van der Waals surface area contributed by atoms with Crippen LogP contribution in [0.1, 0.15) is 95.4 Å². The molecular formula is C31H39N5O6S2. The number of carbonyl (C=O) groups excluding carboxylic acids is 3. The van der Waals surface area contributed by atoms with E-state index in [2.05, 4.69) is 25.4 Å². The lowest BCUT2D eigenvalue weighted by Crippen LogP contribution is -2.27. The fourth-order valence-corrected chi connectivity index (χ4v) is 8.01. The van der Waals surface area contributed by atoms with Gasteiger partial charge in [-0.1, -0.05) is 31.0 Å². The molecule has 3 aromatic rings. The van der Waals surface area contributed by atoms with Crippen LogP contribution in [0.15, 0.2) is 23.4 Å². The van der Waals surface area contributed by atoms with Gasteiger partial charge in [0.1, 0.15) is 5.00 Å². The van der Waals surface area contributed by atoms with E-state index in [0.29, 0.717) is 38.6 Å². The summed E-state index contributed by atoms with van der Waals surface area (Å²) < 4.78 is 18.0. The highest BCUT2D eigenvalue weighted by Crippen LogP contribution is 2.40. The first-order valence-electron chi connectivity index (χ1n) is 15.1. The van der Waals surface area contributed by atoms with Crippen molar-refractivity contribution in [2.75, 3.05) is 26.1 Å². The molecule has 0 spiro atoms. The van der Waals surface area contributed by atoms with Crippen LogP contribution in [0.3, 0.4) is 0 Å². The Morgan fingerprint density at radius 2 is 1.84 bits per heavy atom. The second-order valence-electron chi connectivity index (χ2n) is 10.8. The molecule has 1 aromatic carbocycles. The first-order valence-corrected chi connectivity index (χ1v) is 16.8. The van der Waals surface area contributed by atoms with Gasteiger partial charge in [-0.3, -0.25) is 9.59 Å². The number of aryl methyl sites for hydroxylation is 1. The zero-order valence-electron chi connectivity index (χ0n) is 25.6. The molecule has 44 heavy (non-hydrogen) atoms. The van der Waals surface area contributed by atoms with Crippen molar-refractivity contribution in [2.45, 2.75) is 88.2 Å². The molecule has 13 heteroatoms. The van der Waals surface area contributed by atoms with Crippen molar-refractivity contribution in [1.29, 1.82) is 0 Å². The lowest BCUT2D eigenvalue weighted by molar-refractivity contribution is -0.115. The number of esters is 1. The third-order valence-electron chi connectivity index (χ3n) is 8.02. The first kappa shape index (κ1) is 31.8. The van der Waals surface area contributed by atoms with Gasteiger partial charge in [0.25, 0.3) is 5.91 Å². The minimum absolute atomic E-state index is 0.181. The van der Waals surface area contributed by atoms with Gasteiger partial charge < -0.3 is 29.4 Å². The molecule has 2 N–H and O–H groups in total. The number of anilines is 1. The minimum atomic E-state index is -0.511. The number of hydrogen-bond acceptors (Lipinski definition) is 10. The number of hydrogen-bond donors (Lipinski definition) is 2. The second kappa shape index (κ2) is 14.5. The second-order valence-corrected chi connectivity index (χ2v) is 13.3. The summed E-state index contributed by atoms with van der Waals surface area (Å²) in [5.41, 5.74) is 1.93. The van der Waals surface area contributed by atoms with Crippen molar-refractivity contribution >= 4 is 45.9 Å². The normalized spacial score (nSPS) is 15.4. The van der Waals surface area contributed by atoms with E-state index in [1.165, 1.54) is 36.6 Å². The predicted octanol–water partition coefficient (Wildman–Crippen LogP) is 5.58. The van der Waals surface area contributed by atoms with Crippen LogP contribution in [0.5, 0.6) is 11.5 Å². The molecule has 0 radical (unpaired) electrons. The molecule has 236 valence electrons. The van der Waals surface area contributed by atoms with Crippen molar-refractivity contribution in [1.82, 2.24) is 20.1 Å². The number of methoxy groups -OCH3 is 2. The Balaban J connectivity index is 1.31. The first-order chi connectivity index (χ1) is 21.3. The Morgan fingerprint density at radius 1 is 1.07 bits per heavy atom. The van der Waals surface area contributed by atoms with E-state index in [4.69, 9.17) is 14.2 Å². The van der Waals surface area contributed by atoms with Crippen molar-refractivity contribution < 1.29 is 28.6 Å². The average molecular weight is 642 g/mol. The summed E-state index contributed by atoms with van der Waals surface area (Å²) >= 11 is 2.80. The molecule has 5 rings (SSSR count). The summed E-state index contributed by atoms with van der Waals surface area (Å²) in [7, 11) is 3.07. The molecule has 11 nitrogen and oxygen atoms in total. The van der Waals surface area contributed by atoms with Gasteiger partial charge in [-0.15, -0.1) is 21.5 Å². The van der Waals surface area contributed by atoms with Crippen LogP contribution in [0.4, 0.5) is 5.00 Å². The fraction of sp³-hybridized carbons (Fsp3) is 0.516. The number of benzene rings is 1. The molecule has 1 fully saturated rings. The predicted molar refractivity (Wildman–Crippen MR) is 169 cm³/mol. The molecule has 0 saturated heterocycles. The van der Waals surface area contributed by atoms with Crippen LogP contribution < -0.4 is 20.1 Å². The molecule has 0 unspecified atom stereocenters. The van der Waals surface area contributed by atoms with Crippen LogP contribution in [-0.4, -0.2) is 58.6 Å². The summed E-state index contributed by atoms with van der Waals surface area (Å²) in [5.74, 6) is 0.770. The summed E-state index contributed by atoms with van der Waals surface area (Å²) in [4.78, 5) is 40.4. The molecule has 0 bridgehead atoms. The molecular weight excluding hydrogens is 603 g/mol. The number of carbonyl (C=O) groups is 3. The maximum Gasteiger partial charge on any atom is 0.341 e.